The van der Waals surface area contributed by atoms with Gasteiger partial charge in [0.05, 0.1) is 22.3 Å². The van der Waals surface area contributed by atoms with Crippen LogP contribution in [0.2, 0.25) is 0 Å². The monoisotopic (exact) mass is 654 g/mol. The van der Waals surface area contributed by atoms with Crippen molar-refractivity contribution in [2.75, 3.05) is 0 Å². The van der Waals surface area contributed by atoms with E-state index in [2.05, 4.69) is 0 Å². The Morgan fingerprint density at radius 2 is 0.896 bits per heavy atom. The Hall–Kier alpha value is -5.64. The molecule has 0 bridgehead atoms. The van der Waals surface area contributed by atoms with E-state index in [4.69, 9.17) is 0 Å². The highest BCUT2D eigenvalue weighted by Gasteiger charge is 2.36. The van der Waals surface area contributed by atoms with Crippen molar-refractivity contribution in [3.63, 3.8) is 0 Å². The predicted molar refractivity (Wildman–Crippen MR) is 181 cm³/mol. The van der Waals surface area contributed by atoms with E-state index in [0.29, 0.717) is 33.4 Å². The Balaban J connectivity index is 2.27. The lowest BCUT2D eigenvalue weighted by molar-refractivity contribution is 0.0676. The summed E-state index contributed by atoms with van der Waals surface area (Å²) in [6, 6.07) is 10.4. The van der Waals surface area contributed by atoms with E-state index in [1.165, 1.54) is 36.4 Å². The Labute approximate surface area is 277 Å². The van der Waals surface area contributed by atoms with Crippen molar-refractivity contribution in [3.05, 3.63) is 93.0 Å². The number of rotatable bonds is 7. The van der Waals surface area contributed by atoms with Crippen molar-refractivity contribution in [2.45, 2.75) is 66.2 Å². The lowest BCUT2D eigenvalue weighted by atomic mass is 9.68. The van der Waals surface area contributed by atoms with Gasteiger partial charge in [0.2, 0.25) is 0 Å². The molecule has 0 atom stereocenters. The summed E-state index contributed by atoms with van der Waals surface area (Å²) in [6.45, 7) is 14.8. The number of hydrogen-bond donors (Lipinski definition) is 6. The molecule has 0 saturated heterocycles. The number of carboxylic acids is 4. The third-order valence-electron chi connectivity index (χ3n) is 8.37. The average Bonchev–Trinajstić information content (AvgIpc) is 2.96. The maximum absolute atomic E-state index is 12.2. The SMILES string of the molecule is Cc1c(-c2cc(C(=O)O)cc(C(=O)O)c2)ccc(O)c1-c1c(C)c(-c2cc(C(=O)O)cc(C(=O)O)c2)c(C(C)(C)C)c(C(C)(C)C)c1O. The normalized spacial score (nSPS) is 11.8. The molecule has 6 N–H and O–H groups in total. The van der Waals surface area contributed by atoms with Crippen molar-refractivity contribution in [1.82, 2.24) is 0 Å². The molecule has 0 fully saturated rings. The highest BCUT2D eigenvalue weighted by atomic mass is 16.4. The van der Waals surface area contributed by atoms with Gasteiger partial charge in [0.1, 0.15) is 11.5 Å². The fourth-order valence-electron chi connectivity index (χ4n) is 6.38. The van der Waals surface area contributed by atoms with Gasteiger partial charge in [0.15, 0.2) is 0 Å². The second-order valence-corrected chi connectivity index (χ2v) is 13.9. The first-order chi connectivity index (χ1) is 22.1. The van der Waals surface area contributed by atoms with Gasteiger partial charge in [-0.1, -0.05) is 47.6 Å². The van der Waals surface area contributed by atoms with Crippen LogP contribution in [0.15, 0.2) is 48.5 Å². The molecule has 0 saturated carbocycles. The van der Waals surface area contributed by atoms with E-state index in [-0.39, 0.29) is 56.0 Å². The fraction of sp³-hybridized carbons (Fsp3) is 0.263. The van der Waals surface area contributed by atoms with Gasteiger partial charge in [-0.2, -0.15) is 0 Å². The first kappa shape index (κ1) is 35.2. The van der Waals surface area contributed by atoms with Crippen molar-refractivity contribution in [1.29, 1.82) is 0 Å². The summed E-state index contributed by atoms with van der Waals surface area (Å²) < 4.78 is 0. The number of aromatic hydroxyl groups is 2. The van der Waals surface area contributed by atoms with Crippen LogP contribution in [-0.4, -0.2) is 54.5 Å². The van der Waals surface area contributed by atoms with Gasteiger partial charge >= 0.3 is 23.9 Å². The summed E-state index contributed by atoms with van der Waals surface area (Å²) in [5, 5.41) is 62.8. The topological polar surface area (TPSA) is 190 Å². The summed E-state index contributed by atoms with van der Waals surface area (Å²) in [7, 11) is 0. The van der Waals surface area contributed by atoms with Crippen LogP contribution in [0.1, 0.15) is 105 Å². The van der Waals surface area contributed by atoms with Gasteiger partial charge in [0.25, 0.3) is 0 Å². The van der Waals surface area contributed by atoms with Gasteiger partial charge in [0, 0.05) is 16.7 Å². The van der Waals surface area contributed by atoms with Crippen LogP contribution in [0.4, 0.5) is 0 Å². The number of benzene rings is 4. The molecule has 0 aliphatic rings. The Morgan fingerprint density at radius 3 is 1.27 bits per heavy atom. The van der Waals surface area contributed by atoms with E-state index in [9.17, 15) is 49.8 Å². The number of phenols is 2. The molecule has 0 aromatic heterocycles. The largest absolute Gasteiger partial charge is 0.507 e. The van der Waals surface area contributed by atoms with E-state index in [1.54, 1.807) is 13.8 Å². The van der Waals surface area contributed by atoms with Crippen molar-refractivity contribution in [2.24, 2.45) is 0 Å². The van der Waals surface area contributed by atoms with Crippen LogP contribution < -0.4 is 0 Å². The van der Waals surface area contributed by atoms with Gasteiger partial charge in [-0.15, -0.1) is 0 Å². The van der Waals surface area contributed by atoms with Gasteiger partial charge in [-0.05, 0) is 106 Å². The zero-order valence-electron chi connectivity index (χ0n) is 27.9. The molecule has 0 aliphatic heterocycles. The molecule has 48 heavy (non-hydrogen) atoms. The molecule has 10 heteroatoms. The zero-order valence-corrected chi connectivity index (χ0v) is 27.9. The summed E-state index contributed by atoms with van der Waals surface area (Å²) >= 11 is 0. The Kier molecular flexibility index (Phi) is 8.94. The Morgan fingerprint density at radius 1 is 0.500 bits per heavy atom. The molecule has 10 nitrogen and oxygen atoms in total. The molecule has 0 spiro atoms. The molecule has 0 radical (unpaired) electrons. The molecule has 4 aromatic carbocycles. The van der Waals surface area contributed by atoms with Gasteiger partial charge < -0.3 is 30.6 Å². The number of hydrogen-bond acceptors (Lipinski definition) is 6. The van der Waals surface area contributed by atoms with Crippen LogP contribution in [0, 0.1) is 13.8 Å². The van der Waals surface area contributed by atoms with Crippen LogP contribution in [0.5, 0.6) is 11.5 Å². The first-order valence-corrected chi connectivity index (χ1v) is 15.0. The highest BCUT2D eigenvalue weighted by molar-refractivity contribution is 6.00. The third kappa shape index (κ3) is 6.33. The average molecular weight is 655 g/mol. The van der Waals surface area contributed by atoms with Crippen LogP contribution in [0.3, 0.4) is 0 Å². The quantitative estimate of drug-likeness (QED) is 0.113. The summed E-state index contributed by atoms with van der Waals surface area (Å²) in [5.41, 5.74) is 1.38. The van der Waals surface area contributed by atoms with E-state index >= 15 is 0 Å². The minimum Gasteiger partial charge on any atom is -0.507 e. The van der Waals surface area contributed by atoms with Crippen molar-refractivity contribution >= 4 is 23.9 Å². The zero-order chi connectivity index (χ0) is 36.2. The molecule has 0 aliphatic carbocycles. The minimum atomic E-state index is -1.33. The smallest absolute Gasteiger partial charge is 0.335 e. The van der Waals surface area contributed by atoms with Crippen LogP contribution in [-0.2, 0) is 10.8 Å². The molecule has 4 aromatic rings. The molecule has 4 rings (SSSR count). The third-order valence-corrected chi connectivity index (χ3v) is 8.37. The maximum atomic E-state index is 12.2. The fourth-order valence-corrected chi connectivity index (χ4v) is 6.38. The highest BCUT2D eigenvalue weighted by Crippen LogP contribution is 2.54. The molecule has 0 heterocycles. The number of carboxylic acid groups (broad SMARTS) is 4. The lowest BCUT2D eigenvalue weighted by Gasteiger charge is -2.36. The maximum Gasteiger partial charge on any atom is 0.335 e. The van der Waals surface area contributed by atoms with Crippen molar-refractivity contribution < 1.29 is 49.8 Å². The van der Waals surface area contributed by atoms with Gasteiger partial charge in [-0.25, -0.2) is 19.2 Å². The number of phenolic OH excluding ortho intramolecular Hbond substituents is 2. The molecular weight excluding hydrogens is 616 g/mol. The van der Waals surface area contributed by atoms with E-state index < -0.39 is 34.7 Å². The molecule has 250 valence electrons. The predicted octanol–water partition coefficient (Wildman–Crippen LogP) is 8.10. The molecular formula is C38H38O10. The Bertz CT molecular complexity index is 1970. The van der Waals surface area contributed by atoms with Crippen molar-refractivity contribution in [3.8, 4) is 44.9 Å². The summed E-state index contributed by atoms with van der Waals surface area (Å²) in [5.74, 6) is -5.69. The second-order valence-electron chi connectivity index (χ2n) is 13.9. The van der Waals surface area contributed by atoms with E-state index in [0.717, 1.165) is 12.1 Å². The minimum absolute atomic E-state index is 0.150. The lowest BCUT2D eigenvalue weighted by Crippen LogP contribution is -2.24. The molecule has 0 amide bonds. The summed E-state index contributed by atoms with van der Waals surface area (Å²) in [4.78, 5) is 48.1. The number of aromatic carboxylic acids is 4. The van der Waals surface area contributed by atoms with Gasteiger partial charge in [-0.3, -0.25) is 0 Å². The standard InChI is InChI=1S/C38H38O10/c1-17-25(19-11-21(33(41)42)15-22(12-19)34(43)44)9-10-26(39)28(17)29-18(2)27(20-13-23(35(45)46)16-24(14-20)36(47)48)30(37(3,4)5)31(32(29)40)38(6,7)8/h9-16,39-40H,1-8H3,(H,41,42)(H,43,44)(H,45,46)(H,47,48). The van der Waals surface area contributed by atoms with Crippen LogP contribution >= 0.6 is 0 Å². The van der Waals surface area contributed by atoms with E-state index in [1.807, 2.05) is 41.5 Å². The number of carbonyl (C=O) groups is 4. The van der Waals surface area contributed by atoms with Crippen LogP contribution in [0.25, 0.3) is 33.4 Å². The molecule has 0 unspecified atom stereocenters. The summed E-state index contributed by atoms with van der Waals surface area (Å²) in [6.07, 6.45) is 0. The first-order valence-electron chi connectivity index (χ1n) is 15.0. The second kappa shape index (κ2) is 12.2.